The molecule has 1 aromatic carbocycles. The Morgan fingerprint density at radius 3 is 2.84 bits per heavy atom. The van der Waals surface area contributed by atoms with Crippen molar-refractivity contribution in [1.82, 2.24) is 9.97 Å². The molecule has 0 amide bonds. The number of methoxy groups -OCH3 is 1. The van der Waals surface area contributed by atoms with Gasteiger partial charge in [-0.05, 0) is 17.7 Å². The van der Waals surface area contributed by atoms with Crippen molar-refractivity contribution >= 4 is 28.7 Å². The predicted octanol–water partition coefficient (Wildman–Crippen LogP) is 2.00. The number of anilines is 2. The first-order valence-corrected chi connectivity index (χ1v) is 6.06. The van der Waals surface area contributed by atoms with Gasteiger partial charge in [0.15, 0.2) is 0 Å². The van der Waals surface area contributed by atoms with E-state index in [2.05, 4.69) is 15.3 Å². The van der Waals surface area contributed by atoms with Gasteiger partial charge in [-0.15, -0.1) is 0 Å². The molecule has 0 radical (unpaired) electrons. The number of rotatable bonds is 5. The summed E-state index contributed by atoms with van der Waals surface area (Å²) in [6, 6.07) is 7.89. The van der Waals surface area contributed by atoms with E-state index in [1.807, 2.05) is 24.3 Å². The Hall–Kier alpha value is -2.05. The monoisotopic (exact) mass is 274 g/mol. The maximum atomic E-state index is 5.46. The molecule has 3 N–H and O–H groups in total. The highest BCUT2D eigenvalue weighted by Gasteiger charge is 2.01. The molecule has 0 saturated carbocycles. The van der Waals surface area contributed by atoms with Crippen molar-refractivity contribution in [2.24, 2.45) is 5.73 Å². The highest BCUT2D eigenvalue weighted by atomic mass is 32.1. The molecule has 19 heavy (non-hydrogen) atoms. The Kier molecular flexibility index (Phi) is 4.38. The summed E-state index contributed by atoms with van der Waals surface area (Å²) in [5.74, 6) is 0.634. The van der Waals surface area contributed by atoms with E-state index in [1.54, 1.807) is 19.5 Å². The standard InChI is InChI=1S/C13H14N4OS/c1-18-8-9-3-2-4-10(5-9)17-12-7-15-11(6-16-12)13(14)19/h2-7H,8H2,1H3,(H2,14,19)(H,16,17). The molecule has 0 aliphatic rings. The third-order valence-corrected chi connectivity index (χ3v) is 2.62. The summed E-state index contributed by atoms with van der Waals surface area (Å²) in [7, 11) is 1.67. The van der Waals surface area contributed by atoms with Crippen LogP contribution in [0.2, 0.25) is 0 Å². The zero-order valence-corrected chi connectivity index (χ0v) is 11.3. The fraction of sp³-hybridized carbons (Fsp3) is 0.154. The summed E-state index contributed by atoms with van der Waals surface area (Å²) in [5.41, 5.74) is 7.98. The van der Waals surface area contributed by atoms with Crippen LogP contribution in [0.4, 0.5) is 11.5 Å². The number of aromatic nitrogens is 2. The Morgan fingerprint density at radius 1 is 1.37 bits per heavy atom. The van der Waals surface area contributed by atoms with E-state index < -0.39 is 0 Å². The van der Waals surface area contributed by atoms with Crippen molar-refractivity contribution in [2.45, 2.75) is 6.61 Å². The van der Waals surface area contributed by atoms with Crippen LogP contribution in [0.5, 0.6) is 0 Å². The number of benzene rings is 1. The molecule has 0 saturated heterocycles. The Bertz CT molecular complexity index is 571. The van der Waals surface area contributed by atoms with Gasteiger partial charge in [0.2, 0.25) is 0 Å². The number of hydrogen-bond acceptors (Lipinski definition) is 5. The molecule has 0 aliphatic carbocycles. The van der Waals surface area contributed by atoms with Crippen molar-refractivity contribution in [3.8, 4) is 0 Å². The number of nitrogens with zero attached hydrogens (tertiary/aromatic N) is 2. The predicted molar refractivity (Wildman–Crippen MR) is 78.4 cm³/mol. The second-order valence-corrected chi connectivity index (χ2v) is 4.35. The Morgan fingerprint density at radius 2 is 2.21 bits per heavy atom. The largest absolute Gasteiger partial charge is 0.388 e. The highest BCUT2D eigenvalue weighted by molar-refractivity contribution is 7.80. The van der Waals surface area contributed by atoms with Gasteiger partial charge in [-0.2, -0.15) is 0 Å². The van der Waals surface area contributed by atoms with Crippen molar-refractivity contribution in [3.63, 3.8) is 0 Å². The third-order valence-electron chi connectivity index (χ3n) is 2.41. The van der Waals surface area contributed by atoms with Gasteiger partial charge >= 0.3 is 0 Å². The van der Waals surface area contributed by atoms with E-state index in [9.17, 15) is 0 Å². The Balaban J connectivity index is 2.12. The van der Waals surface area contributed by atoms with Crippen LogP contribution in [0.1, 0.15) is 11.3 Å². The highest BCUT2D eigenvalue weighted by Crippen LogP contribution is 2.15. The third kappa shape index (κ3) is 3.70. The second kappa shape index (κ2) is 6.21. The lowest BCUT2D eigenvalue weighted by atomic mass is 10.2. The topological polar surface area (TPSA) is 73.1 Å². The summed E-state index contributed by atoms with van der Waals surface area (Å²) in [6.07, 6.45) is 3.14. The van der Waals surface area contributed by atoms with Gasteiger partial charge in [0.25, 0.3) is 0 Å². The normalized spacial score (nSPS) is 10.2. The number of ether oxygens (including phenoxy) is 1. The quantitative estimate of drug-likeness (QED) is 0.812. The summed E-state index contributed by atoms with van der Waals surface area (Å²) in [6.45, 7) is 0.571. The molecular formula is C13H14N4OS. The van der Waals surface area contributed by atoms with Crippen molar-refractivity contribution in [1.29, 1.82) is 0 Å². The van der Waals surface area contributed by atoms with Crippen LogP contribution in [0.15, 0.2) is 36.7 Å². The maximum Gasteiger partial charge on any atom is 0.148 e. The van der Waals surface area contributed by atoms with E-state index in [-0.39, 0.29) is 4.99 Å². The maximum absolute atomic E-state index is 5.46. The first-order chi connectivity index (χ1) is 9.19. The van der Waals surface area contributed by atoms with Crippen LogP contribution in [0.3, 0.4) is 0 Å². The van der Waals surface area contributed by atoms with Crippen LogP contribution >= 0.6 is 12.2 Å². The summed E-state index contributed by atoms with van der Waals surface area (Å²) < 4.78 is 5.09. The van der Waals surface area contributed by atoms with Gasteiger partial charge < -0.3 is 15.8 Å². The van der Waals surface area contributed by atoms with Crippen LogP contribution in [0.25, 0.3) is 0 Å². The van der Waals surface area contributed by atoms with E-state index in [0.29, 0.717) is 18.1 Å². The summed E-state index contributed by atoms with van der Waals surface area (Å²) >= 11 is 4.82. The summed E-state index contributed by atoms with van der Waals surface area (Å²) in [5, 5.41) is 3.16. The van der Waals surface area contributed by atoms with Gasteiger partial charge in [-0.25, -0.2) is 9.97 Å². The van der Waals surface area contributed by atoms with E-state index >= 15 is 0 Å². The first-order valence-electron chi connectivity index (χ1n) is 5.66. The van der Waals surface area contributed by atoms with Gasteiger partial charge in [-0.1, -0.05) is 24.4 Å². The molecule has 0 atom stereocenters. The molecule has 2 rings (SSSR count). The van der Waals surface area contributed by atoms with Gasteiger partial charge in [0, 0.05) is 12.8 Å². The van der Waals surface area contributed by atoms with E-state index in [4.69, 9.17) is 22.7 Å². The fourth-order valence-corrected chi connectivity index (χ4v) is 1.68. The molecule has 6 heteroatoms. The van der Waals surface area contributed by atoms with Crippen molar-refractivity contribution in [3.05, 3.63) is 47.9 Å². The minimum Gasteiger partial charge on any atom is -0.388 e. The molecule has 2 aromatic rings. The molecular weight excluding hydrogens is 260 g/mol. The average molecular weight is 274 g/mol. The fourth-order valence-electron chi connectivity index (χ4n) is 1.57. The lowest BCUT2D eigenvalue weighted by molar-refractivity contribution is 0.185. The van der Waals surface area contributed by atoms with Gasteiger partial charge in [0.1, 0.15) is 16.5 Å². The molecule has 0 unspecified atom stereocenters. The molecule has 0 fully saturated rings. The van der Waals surface area contributed by atoms with Crippen LogP contribution in [-0.2, 0) is 11.3 Å². The number of nitrogens with two attached hydrogens (primary N) is 1. The van der Waals surface area contributed by atoms with E-state index in [1.165, 1.54) is 0 Å². The van der Waals surface area contributed by atoms with Gasteiger partial charge in [-0.3, -0.25) is 0 Å². The zero-order chi connectivity index (χ0) is 13.7. The van der Waals surface area contributed by atoms with Crippen molar-refractivity contribution in [2.75, 3.05) is 12.4 Å². The number of thiocarbonyl (C=S) groups is 1. The molecule has 0 aliphatic heterocycles. The number of nitrogens with one attached hydrogen (secondary N) is 1. The van der Waals surface area contributed by atoms with Crippen LogP contribution < -0.4 is 11.1 Å². The van der Waals surface area contributed by atoms with Gasteiger partial charge in [0.05, 0.1) is 19.0 Å². The molecule has 98 valence electrons. The summed E-state index contributed by atoms with van der Waals surface area (Å²) in [4.78, 5) is 8.55. The molecule has 1 aromatic heterocycles. The molecule has 5 nitrogen and oxygen atoms in total. The lowest BCUT2D eigenvalue weighted by Gasteiger charge is -2.07. The smallest absolute Gasteiger partial charge is 0.148 e. The van der Waals surface area contributed by atoms with E-state index in [0.717, 1.165) is 11.3 Å². The zero-order valence-electron chi connectivity index (χ0n) is 10.5. The van der Waals surface area contributed by atoms with Crippen molar-refractivity contribution < 1.29 is 4.74 Å². The molecule has 0 bridgehead atoms. The number of hydrogen-bond donors (Lipinski definition) is 2. The Labute approximate surface area is 116 Å². The SMILES string of the molecule is COCc1cccc(Nc2cnc(C(N)=S)cn2)c1. The minimum atomic E-state index is 0.237. The van der Waals surface area contributed by atoms with Crippen LogP contribution in [-0.4, -0.2) is 22.1 Å². The minimum absolute atomic E-state index is 0.237. The molecule has 0 spiro atoms. The van der Waals surface area contributed by atoms with Crippen LogP contribution in [0, 0.1) is 0 Å². The second-order valence-electron chi connectivity index (χ2n) is 3.91. The molecule has 1 heterocycles. The lowest BCUT2D eigenvalue weighted by Crippen LogP contribution is -2.12. The average Bonchev–Trinajstić information content (AvgIpc) is 2.40. The first kappa shape index (κ1) is 13.4.